The molecule has 0 saturated heterocycles. The summed E-state index contributed by atoms with van der Waals surface area (Å²) in [5.74, 6) is 1.55. The number of hydrogen-bond donors (Lipinski definition) is 1. The first-order chi connectivity index (χ1) is 9.25. The van der Waals surface area contributed by atoms with Gasteiger partial charge in [-0.25, -0.2) is 0 Å². The highest BCUT2D eigenvalue weighted by atomic mass is 35.5. The summed E-state index contributed by atoms with van der Waals surface area (Å²) in [5.41, 5.74) is 0.801. The Hall–Kier alpha value is -1.28. The van der Waals surface area contributed by atoms with Crippen LogP contribution < -0.4 is 5.32 Å². The Morgan fingerprint density at radius 3 is 2.47 bits per heavy atom. The van der Waals surface area contributed by atoms with Gasteiger partial charge in [0, 0.05) is 16.6 Å². The number of rotatable bonds is 2. The summed E-state index contributed by atoms with van der Waals surface area (Å²) in [6.07, 6.45) is 9.02. The van der Waals surface area contributed by atoms with Crippen LogP contribution in [0.1, 0.15) is 25.7 Å². The second-order valence-electron chi connectivity index (χ2n) is 5.48. The predicted molar refractivity (Wildman–Crippen MR) is 78.2 cm³/mol. The maximum atomic E-state index is 12.3. The number of carbonyl (C=O) groups excluding carboxylic acids is 1. The lowest BCUT2D eigenvalue weighted by atomic mass is 10.1. The van der Waals surface area contributed by atoms with Gasteiger partial charge in [0.25, 0.3) is 0 Å². The van der Waals surface area contributed by atoms with Crippen molar-refractivity contribution in [1.29, 1.82) is 0 Å². The fourth-order valence-corrected chi connectivity index (χ4v) is 3.42. The highest BCUT2D eigenvalue weighted by Gasteiger charge is 2.53. The van der Waals surface area contributed by atoms with E-state index in [0.717, 1.165) is 31.4 Å². The summed E-state index contributed by atoms with van der Waals surface area (Å²) >= 11 is 5.93. The molecule has 0 spiro atoms. The van der Waals surface area contributed by atoms with Crippen LogP contribution in [-0.4, -0.2) is 5.91 Å². The van der Waals surface area contributed by atoms with E-state index >= 15 is 0 Å². The van der Waals surface area contributed by atoms with E-state index in [9.17, 15) is 4.79 Å². The minimum absolute atomic E-state index is 0.166. The second kappa shape index (κ2) is 5.38. The Morgan fingerprint density at radius 1 is 1.16 bits per heavy atom. The van der Waals surface area contributed by atoms with Gasteiger partial charge in [0.2, 0.25) is 5.91 Å². The molecule has 3 atom stereocenters. The largest absolute Gasteiger partial charge is 0.326 e. The van der Waals surface area contributed by atoms with E-state index in [1.54, 1.807) is 6.07 Å². The Bertz CT molecular complexity index is 495. The first-order valence-corrected chi connectivity index (χ1v) is 7.35. The molecule has 0 aromatic heterocycles. The van der Waals surface area contributed by atoms with Crippen molar-refractivity contribution < 1.29 is 4.79 Å². The van der Waals surface area contributed by atoms with Crippen molar-refractivity contribution in [2.45, 2.75) is 25.7 Å². The molecule has 1 unspecified atom stereocenters. The minimum Gasteiger partial charge on any atom is -0.326 e. The standard InChI is InChI=1S/C16H18ClNO/c17-11-6-5-7-12(10-11)18-16(19)15-13-8-3-1-2-4-9-14(13)15/h1-2,5-7,10,13-15H,3-4,8-9H2,(H,18,19)/b2-1+/t13-,14+,15?. The van der Waals surface area contributed by atoms with Crippen LogP contribution >= 0.6 is 11.6 Å². The van der Waals surface area contributed by atoms with E-state index in [-0.39, 0.29) is 11.8 Å². The fraction of sp³-hybridized carbons (Fsp3) is 0.438. The van der Waals surface area contributed by atoms with Gasteiger partial charge in [-0.3, -0.25) is 4.79 Å². The summed E-state index contributed by atoms with van der Waals surface area (Å²) in [4.78, 5) is 12.3. The average Bonchev–Trinajstić information content (AvgIpc) is 3.00. The van der Waals surface area contributed by atoms with Crippen molar-refractivity contribution in [2.75, 3.05) is 5.32 Å². The normalized spacial score (nSPS) is 30.7. The third-order valence-electron chi connectivity index (χ3n) is 4.23. The van der Waals surface area contributed by atoms with Crippen LogP contribution in [0.3, 0.4) is 0 Å². The molecular formula is C16H18ClNO. The van der Waals surface area contributed by atoms with Crippen molar-refractivity contribution >= 4 is 23.2 Å². The molecule has 100 valence electrons. The van der Waals surface area contributed by atoms with Crippen LogP contribution in [0.15, 0.2) is 36.4 Å². The van der Waals surface area contributed by atoms with E-state index < -0.39 is 0 Å². The van der Waals surface area contributed by atoms with Gasteiger partial charge < -0.3 is 5.32 Å². The van der Waals surface area contributed by atoms with Gasteiger partial charge in [-0.1, -0.05) is 29.8 Å². The molecule has 1 N–H and O–H groups in total. The molecule has 2 aliphatic carbocycles. The fourth-order valence-electron chi connectivity index (χ4n) is 3.23. The number of benzene rings is 1. The number of anilines is 1. The van der Waals surface area contributed by atoms with Gasteiger partial charge in [0.1, 0.15) is 0 Å². The Labute approximate surface area is 118 Å². The van der Waals surface area contributed by atoms with Crippen LogP contribution in [0, 0.1) is 17.8 Å². The minimum atomic E-state index is 0.166. The van der Waals surface area contributed by atoms with E-state index in [4.69, 9.17) is 11.6 Å². The van der Waals surface area contributed by atoms with Gasteiger partial charge in [-0.15, -0.1) is 0 Å². The molecule has 3 rings (SSSR count). The molecule has 0 radical (unpaired) electrons. The van der Waals surface area contributed by atoms with E-state index in [1.165, 1.54) is 0 Å². The molecule has 1 saturated carbocycles. The molecule has 2 nitrogen and oxygen atoms in total. The number of halogens is 1. The van der Waals surface area contributed by atoms with Crippen LogP contribution in [0.2, 0.25) is 5.02 Å². The molecule has 19 heavy (non-hydrogen) atoms. The van der Waals surface area contributed by atoms with Crippen molar-refractivity contribution in [2.24, 2.45) is 17.8 Å². The molecule has 2 aliphatic rings. The molecule has 1 aromatic carbocycles. The lowest BCUT2D eigenvalue weighted by Crippen LogP contribution is -2.15. The Kier molecular flexibility index (Phi) is 3.61. The summed E-state index contributed by atoms with van der Waals surface area (Å²) in [6.45, 7) is 0. The van der Waals surface area contributed by atoms with Crippen LogP contribution in [0.5, 0.6) is 0 Å². The third kappa shape index (κ3) is 2.84. The first kappa shape index (κ1) is 12.7. The maximum Gasteiger partial charge on any atom is 0.228 e. The predicted octanol–water partition coefficient (Wildman–Crippen LogP) is 4.27. The number of hydrogen-bond acceptors (Lipinski definition) is 1. The summed E-state index contributed by atoms with van der Waals surface area (Å²) in [6, 6.07) is 7.35. The second-order valence-corrected chi connectivity index (χ2v) is 5.92. The molecule has 3 heteroatoms. The summed E-state index contributed by atoms with van der Waals surface area (Å²) in [7, 11) is 0. The van der Waals surface area contributed by atoms with Gasteiger partial charge in [0.05, 0.1) is 0 Å². The van der Waals surface area contributed by atoms with E-state index in [2.05, 4.69) is 17.5 Å². The zero-order valence-electron chi connectivity index (χ0n) is 10.8. The summed E-state index contributed by atoms with van der Waals surface area (Å²) < 4.78 is 0. The quantitative estimate of drug-likeness (QED) is 0.803. The van der Waals surface area contributed by atoms with Gasteiger partial charge in [0.15, 0.2) is 0 Å². The van der Waals surface area contributed by atoms with Crippen LogP contribution in [0.25, 0.3) is 0 Å². The van der Waals surface area contributed by atoms with Crippen molar-refractivity contribution in [1.82, 2.24) is 0 Å². The lowest BCUT2D eigenvalue weighted by molar-refractivity contribution is -0.117. The van der Waals surface area contributed by atoms with Crippen LogP contribution in [-0.2, 0) is 4.79 Å². The lowest BCUT2D eigenvalue weighted by Gasteiger charge is -2.05. The molecule has 0 heterocycles. The molecule has 0 bridgehead atoms. The highest BCUT2D eigenvalue weighted by molar-refractivity contribution is 6.30. The highest BCUT2D eigenvalue weighted by Crippen LogP contribution is 2.53. The van der Waals surface area contributed by atoms with E-state index in [0.29, 0.717) is 16.9 Å². The average molecular weight is 276 g/mol. The van der Waals surface area contributed by atoms with Crippen molar-refractivity contribution in [3.63, 3.8) is 0 Å². The third-order valence-corrected chi connectivity index (χ3v) is 4.46. The zero-order valence-corrected chi connectivity index (χ0v) is 11.6. The Balaban J connectivity index is 1.63. The van der Waals surface area contributed by atoms with Gasteiger partial charge >= 0.3 is 0 Å². The SMILES string of the molecule is O=C(Nc1cccc(Cl)c1)C1[C@H]2CC/C=C/CC[C@@H]12. The van der Waals surface area contributed by atoms with E-state index in [1.807, 2.05) is 18.2 Å². The molecule has 0 aliphatic heterocycles. The van der Waals surface area contributed by atoms with Gasteiger partial charge in [-0.05, 0) is 55.7 Å². The van der Waals surface area contributed by atoms with Crippen molar-refractivity contribution in [3.8, 4) is 0 Å². The molecular weight excluding hydrogens is 258 g/mol. The van der Waals surface area contributed by atoms with Crippen LogP contribution in [0.4, 0.5) is 5.69 Å². The monoisotopic (exact) mass is 275 g/mol. The van der Waals surface area contributed by atoms with Gasteiger partial charge in [-0.2, -0.15) is 0 Å². The topological polar surface area (TPSA) is 29.1 Å². The maximum absolute atomic E-state index is 12.3. The first-order valence-electron chi connectivity index (χ1n) is 6.97. The smallest absolute Gasteiger partial charge is 0.228 e. The zero-order chi connectivity index (χ0) is 13.2. The molecule has 1 amide bonds. The van der Waals surface area contributed by atoms with Crippen molar-refractivity contribution in [3.05, 3.63) is 41.4 Å². The molecule has 1 aromatic rings. The number of amides is 1. The number of nitrogens with one attached hydrogen (secondary N) is 1. The summed E-state index contributed by atoms with van der Waals surface area (Å²) in [5, 5.41) is 3.65. The number of fused-ring (bicyclic) bond motifs is 1. The number of allylic oxidation sites excluding steroid dienone is 2. The Morgan fingerprint density at radius 2 is 1.84 bits per heavy atom. The molecule has 1 fully saturated rings. The number of carbonyl (C=O) groups is 1.